The first-order valence-electron chi connectivity index (χ1n) is 9.55. The van der Waals surface area contributed by atoms with E-state index in [2.05, 4.69) is 28.7 Å². The van der Waals surface area contributed by atoms with E-state index in [0.717, 1.165) is 29.1 Å². The lowest BCUT2D eigenvalue weighted by atomic mass is 10.1. The Morgan fingerprint density at radius 2 is 1.86 bits per heavy atom. The summed E-state index contributed by atoms with van der Waals surface area (Å²) in [6.45, 7) is 11.6. The van der Waals surface area contributed by atoms with Gasteiger partial charge in [0.25, 0.3) is 0 Å². The lowest BCUT2D eigenvalue weighted by Crippen LogP contribution is -2.21. The molecule has 0 aliphatic rings. The maximum absolute atomic E-state index is 13.3. The van der Waals surface area contributed by atoms with Crippen molar-refractivity contribution in [3.05, 3.63) is 76.9 Å². The molecule has 3 rings (SSSR count). The number of benzene rings is 2. The molecule has 0 bridgehead atoms. The second kappa shape index (κ2) is 10.5. The standard InChI is InChI=1S/C22H26FN3O.CH2O/c1-5-26-21(14-25-22(26)27-20-10-6-15(2)7-11-20)17(4)24-13-18-8-9-19(23)12-16(18)3;1-2/h6-12,14,17,24H,5,13H2,1-4H3;1H2. The predicted molar refractivity (Wildman–Crippen MR) is 113 cm³/mol. The number of nitrogens with zero attached hydrogens (tertiary/aromatic N) is 2. The average Bonchev–Trinajstić information content (AvgIpc) is 3.13. The Morgan fingerprint density at radius 1 is 1.17 bits per heavy atom. The fourth-order valence-electron chi connectivity index (χ4n) is 3.05. The van der Waals surface area contributed by atoms with Crippen LogP contribution in [-0.4, -0.2) is 16.3 Å². The van der Waals surface area contributed by atoms with Gasteiger partial charge in [-0.3, -0.25) is 4.57 Å². The van der Waals surface area contributed by atoms with Crippen molar-refractivity contribution in [2.45, 2.75) is 46.8 Å². The highest BCUT2D eigenvalue weighted by molar-refractivity contribution is 5.30. The van der Waals surface area contributed by atoms with Crippen molar-refractivity contribution in [1.29, 1.82) is 0 Å². The summed E-state index contributed by atoms with van der Waals surface area (Å²) in [6, 6.07) is 13.5. The number of carbonyl (C=O) groups excluding carboxylic acids is 1. The third-order valence-electron chi connectivity index (χ3n) is 4.74. The molecule has 0 fully saturated rings. The topological polar surface area (TPSA) is 56.2 Å². The molecule has 1 aromatic heterocycles. The van der Waals surface area contributed by atoms with Gasteiger partial charge in [0.2, 0.25) is 0 Å². The fraction of sp³-hybridized carbons (Fsp3) is 0.304. The zero-order valence-corrected chi connectivity index (χ0v) is 17.4. The van der Waals surface area contributed by atoms with E-state index in [0.29, 0.717) is 12.6 Å². The van der Waals surface area contributed by atoms with Crippen molar-refractivity contribution >= 4 is 6.79 Å². The van der Waals surface area contributed by atoms with Gasteiger partial charge in [-0.25, -0.2) is 9.37 Å². The summed E-state index contributed by atoms with van der Waals surface area (Å²) >= 11 is 0. The fourth-order valence-corrected chi connectivity index (χ4v) is 3.05. The van der Waals surface area contributed by atoms with Gasteiger partial charge in [-0.1, -0.05) is 23.8 Å². The number of nitrogens with one attached hydrogen (secondary N) is 1. The summed E-state index contributed by atoms with van der Waals surface area (Å²) in [6.07, 6.45) is 1.85. The molecule has 0 spiro atoms. The lowest BCUT2D eigenvalue weighted by molar-refractivity contribution is -0.0979. The largest absolute Gasteiger partial charge is 0.426 e. The molecule has 0 aliphatic heterocycles. The Kier molecular flexibility index (Phi) is 8.09. The summed E-state index contributed by atoms with van der Waals surface area (Å²) in [5, 5.41) is 3.50. The van der Waals surface area contributed by atoms with Crippen LogP contribution in [0.5, 0.6) is 11.8 Å². The van der Waals surface area contributed by atoms with Gasteiger partial charge in [0.05, 0.1) is 11.9 Å². The van der Waals surface area contributed by atoms with Crippen LogP contribution in [0.15, 0.2) is 48.7 Å². The van der Waals surface area contributed by atoms with Crippen LogP contribution in [0.3, 0.4) is 0 Å². The second-order valence-electron chi connectivity index (χ2n) is 6.80. The van der Waals surface area contributed by atoms with E-state index in [1.807, 2.05) is 57.2 Å². The Balaban J connectivity index is 0.00000145. The maximum Gasteiger partial charge on any atom is 0.302 e. The highest BCUT2D eigenvalue weighted by atomic mass is 19.1. The van der Waals surface area contributed by atoms with Crippen LogP contribution in [-0.2, 0) is 17.9 Å². The number of hydrogen-bond acceptors (Lipinski definition) is 4. The van der Waals surface area contributed by atoms with Crippen LogP contribution in [0, 0.1) is 19.7 Å². The van der Waals surface area contributed by atoms with Gasteiger partial charge in [0, 0.05) is 19.1 Å². The van der Waals surface area contributed by atoms with Gasteiger partial charge >= 0.3 is 6.01 Å². The normalized spacial score (nSPS) is 11.5. The van der Waals surface area contributed by atoms with E-state index in [1.165, 1.54) is 11.6 Å². The molecule has 1 N–H and O–H groups in total. The van der Waals surface area contributed by atoms with E-state index in [-0.39, 0.29) is 11.9 Å². The van der Waals surface area contributed by atoms with Crippen LogP contribution >= 0.6 is 0 Å². The third-order valence-corrected chi connectivity index (χ3v) is 4.74. The molecular formula is C23H28FN3O2. The van der Waals surface area contributed by atoms with Crippen molar-refractivity contribution in [3.8, 4) is 11.8 Å². The van der Waals surface area contributed by atoms with Crippen LogP contribution in [0.25, 0.3) is 0 Å². The van der Waals surface area contributed by atoms with E-state index in [1.54, 1.807) is 6.07 Å². The Morgan fingerprint density at radius 3 is 2.48 bits per heavy atom. The van der Waals surface area contributed by atoms with Crippen LogP contribution < -0.4 is 10.1 Å². The van der Waals surface area contributed by atoms with E-state index >= 15 is 0 Å². The Labute approximate surface area is 171 Å². The average molecular weight is 397 g/mol. The van der Waals surface area contributed by atoms with Gasteiger partial charge in [0.1, 0.15) is 18.4 Å². The molecule has 154 valence electrons. The summed E-state index contributed by atoms with van der Waals surface area (Å²) in [7, 11) is 0. The SMILES string of the molecule is C=O.CCn1c(C(C)NCc2ccc(F)cc2C)cnc1Oc1ccc(C)cc1. The maximum atomic E-state index is 13.3. The van der Waals surface area contributed by atoms with Crippen LogP contribution in [0.2, 0.25) is 0 Å². The summed E-state index contributed by atoms with van der Waals surface area (Å²) < 4.78 is 21.3. The third kappa shape index (κ3) is 5.74. The molecule has 1 unspecified atom stereocenters. The Hall–Kier alpha value is -2.99. The molecule has 0 aliphatic carbocycles. The number of aryl methyl sites for hydroxylation is 2. The van der Waals surface area contributed by atoms with Crippen LogP contribution in [0.1, 0.15) is 42.3 Å². The minimum atomic E-state index is -0.203. The minimum Gasteiger partial charge on any atom is -0.426 e. The Bertz CT molecular complexity index is 922. The summed E-state index contributed by atoms with van der Waals surface area (Å²) in [5.41, 5.74) is 4.28. The zero-order chi connectivity index (χ0) is 21.4. The first-order valence-corrected chi connectivity index (χ1v) is 9.55. The number of aromatic nitrogens is 2. The zero-order valence-electron chi connectivity index (χ0n) is 17.4. The number of carbonyl (C=O) groups is 1. The van der Waals surface area contributed by atoms with Crippen molar-refractivity contribution in [3.63, 3.8) is 0 Å². The quantitative estimate of drug-likeness (QED) is 0.601. The molecule has 1 atom stereocenters. The number of hydrogen-bond donors (Lipinski definition) is 1. The first kappa shape index (κ1) is 22.3. The number of ether oxygens (including phenoxy) is 1. The molecule has 6 heteroatoms. The monoisotopic (exact) mass is 397 g/mol. The highest BCUT2D eigenvalue weighted by Crippen LogP contribution is 2.25. The van der Waals surface area contributed by atoms with Gasteiger partial charge in [-0.15, -0.1) is 0 Å². The molecule has 2 aromatic carbocycles. The van der Waals surface area contributed by atoms with Gasteiger partial charge in [0.15, 0.2) is 0 Å². The first-order chi connectivity index (χ1) is 14.0. The smallest absolute Gasteiger partial charge is 0.302 e. The highest BCUT2D eigenvalue weighted by Gasteiger charge is 2.16. The molecule has 0 amide bonds. The lowest BCUT2D eigenvalue weighted by Gasteiger charge is -2.17. The van der Waals surface area contributed by atoms with Crippen LogP contribution in [0.4, 0.5) is 4.39 Å². The van der Waals surface area contributed by atoms with E-state index < -0.39 is 0 Å². The molecule has 29 heavy (non-hydrogen) atoms. The van der Waals surface area contributed by atoms with Crippen molar-refractivity contribution in [1.82, 2.24) is 14.9 Å². The summed E-state index contributed by atoms with van der Waals surface area (Å²) in [4.78, 5) is 12.5. The molecule has 0 saturated heterocycles. The molecule has 1 heterocycles. The number of imidazole rings is 1. The number of halogens is 1. The molecule has 5 nitrogen and oxygen atoms in total. The molecule has 0 saturated carbocycles. The second-order valence-corrected chi connectivity index (χ2v) is 6.80. The summed E-state index contributed by atoms with van der Waals surface area (Å²) in [5.74, 6) is 0.571. The van der Waals surface area contributed by atoms with Crippen molar-refractivity contribution in [2.75, 3.05) is 0 Å². The number of rotatable bonds is 7. The van der Waals surface area contributed by atoms with Crippen molar-refractivity contribution in [2.24, 2.45) is 0 Å². The molecular weight excluding hydrogens is 369 g/mol. The van der Waals surface area contributed by atoms with E-state index in [9.17, 15) is 4.39 Å². The molecule has 3 aromatic rings. The van der Waals surface area contributed by atoms with Gasteiger partial charge < -0.3 is 14.8 Å². The van der Waals surface area contributed by atoms with Gasteiger partial charge in [-0.2, -0.15) is 0 Å². The van der Waals surface area contributed by atoms with E-state index in [4.69, 9.17) is 9.53 Å². The van der Waals surface area contributed by atoms with Gasteiger partial charge in [-0.05, 0) is 63.1 Å². The predicted octanol–water partition coefficient (Wildman–Crippen LogP) is 5.12. The van der Waals surface area contributed by atoms with Crippen molar-refractivity contribution < 1.29 is 13.9 Å². The molecule has 0 radical (unpaired) electrons. The minimum absolute atomic E-state index is 0.0808.